The molecule has 1 aliphatic rings. The fourth-order valence-corrected chi connectivity index (χ4v) is 2.61. The largest absolute Gasteiger partial charge is 0.381 e. The Morgan fingerprint density at radius 3 is 3.05 bits per heavy atom. The Morgan fingerprint density at radius 1 is 1.63 bits per heavy atom. The lowest BCUT2D eigenvalue weighted by Gasteiger charge is -2.32. The van der Waals surface area contributed by atoms with E-state index in [9.17, 15) is 4.79 Å². The molecule has 0 unspecified atom stereocenters. The second-order valence-electron chi connectivity index (χ2n) is 4.97. The van der Waals surface area contributed by atoms with Crippen LogP contribution in [0.2, 0.25) is 5.02 Å². The third-order valence-electron chi connectivity index (χ3n) is 3.64. The van der Waals surface area contributed by atoms with Crippen LogP contribution in [-0.2, 0) is 0 Å². The fourth-order valence-electron chi connectivity index (χ4n) is 2.44. The Morgan fingerprint density at radius 2 is 2.42 bits per heavy atom. The Kier molecular flexibility index (Phi) is 4.66. The number of halogens is 1. The van der Waals surface area contributed by atoms with Gasteiger partial charge in [0.05, 0.1) is 0 Å². The maximum Gasteiger partial charge on any atom is 0.270 e. The van der Waals surface area contributed by atoms with E-state index in [2.05, 4.69) is 27.5 Å². The predicted octanol–water partition coefficient (Wildman–Crippen LogP) is 1.25. The van der Waals surface area contributed by atoms with Gasteiger partial charge in [-0.3, -0.25) is 9.89 Å². The van der Waals surface area contributed by atoms with E-state index in [1.165, 1.54) is 19.3 Å². The maximum absolute atomic E-state index is 11.9. The number of carbonyl (C=O) groups excluding carboxylic acids is 1. The summed E-state index contributed by atoms with van der Waals surface area (Å²) in [6, 6.07) is 0.552. The highest BCUT2D eigenvalue weighted by Gasteiger charge is 2.20. The molecule has 19 heavy (non-hydrogen) atoms. The summed E-state index contributed by atoms with van der Waals surface area (Å²) in [6.45, 7) is 1.77. The van der Waals surface area contributed by atoms with Crippen molar-refractivity contribution in [1.82, 2.24) is 20.4 Å². The SMILES string of the molecule is CN1CCCC[C@@H]1CCNC(=O)c1[nH]nc(N)c1Cl. The number of nitrogens with zero attached hydrogens (tertiary/aromatic N) is 2. The summed E-state index contributed by atoms with van der Waals surface area (Å²) in [7, 11) is 2.14. The van der Waals surface area contributed by atoms with Crippen molar-refractivity contribution in [1.29, 1.82) is 0 Å². The molecule has 1 fully saturated rings. The molecule has 1 aromatic heterocycles. The number of hydrogen-bond acceptors (Lipinski definition) is 4. The first-order valence-electron chi connectivity index (χ1n) is 6.57. The van der Waals surface area contributed by atoms with Gasteiger partial charge in [-0.1, -0.05) is 18.0 Å². The number of nitrogen functional groups attached to an aromatic ring is 1. The molecule has 0 bridgehead atoms. The first kappa shape index (κ1) is 14.1. The van der Waals surface area contributed by atoms with Gasteiger partial charge in [0.15, 0.2) is 5.82 Å². The van der Waals surface area contributed by atoms with Crippen molar-refractivity contribution in [2.24, 2.45) is 0 Å². The first-order chi connectivity index (χ1) is 9.09. The van der Waals surface area contributed by atoms with Gasteiger partial charge in [0, 0.05) is 12.6 Å². The molecule has 1 saturated heterocycles. The lowest BCUT2D eigenvalue weighted by atomic mass is 10.0. The minimum absolute atomic E-state index is 0.152. The van der Waals surface area contributed by atoms with Crippen LogP contribution in [0.15, 0.2) is 0 Å². The maximum atomic E-state index is 11.9. The van der Waals surface area contributed by atoms with Crippen LogP contribution in [0.25, 0.3) is 0 Å². The number of likely N-dealkylation sites (tertiary alicyclic amines) is 1. The van der Waals surface area contributed by atoms with Gasteiger partial charge in [0.2, 0.25) is 0 Å². The molecule has 4 N–H and O–H groups in total. The van der Waals surface area contributed by atoms with E-state index in [4.69, 9.17) is 17.3 Å². The zero-order valence-corrected chi connectivity index (χ0v) is 11.8. The van der Waals surface area contributed by atoms with Gasteiger partial charge in [-0.2, -0.15) is 5.10 Å². The van der Waals surface area contributed by atoms with Gasteiger partial charge in [-0.15, -0.1) is 0 Å². The van der Waals surface area contributed by atoms with Crippen LogP contribution in [0.3, 0.4) is 0 Å². The van der Waals surface area contributed by atoms with Crippen LogP contribution in [-0.4, -0.2) is 47.2 Å². The smallest absolute Gasteiger partial charge is 0.270 e. The third kappa shape index (κ3) is 3.39. The first-order valence-corrected chi connectivity index (χ1v) is 6.95. The van der Waals surface area contributed by atoms with Gasteiger partial charge < -0.3 is 16.0 Å². The van der Waals surface area contributed by atoms with Crippen LogP contribution in [0.5, 0.6) is 0 Å². The summed E-state index contributed by atoms with van der Waals surface area (Å²) < 4.78 is 0. The molecular weight excluding hydrogens is 266 g/mol. The Bertz CT molecular complexity index is 447. The number of carbonyl (C=O) groups is 1. The van der Waals surface area contributed by atoms with Crippen molar-refractivity contribution in [3.05, 3.63) is 10.7 Å². The highest BCUT2D eigenvalue weighted by Crippen LogP contribution is 2.20. The van der Waals surface area contributed by atoms with Crippen molar-refractivity contribution in [3.63, 3.8) is 0 Å². The van der Waals surface area contributed by atoms with Crippen molar-refractivity contribution in [2.75, 3.05) is 25.9 Å². The van der Waals surface area contributed by atoms with E-state index in [-0.39, 0.29) is 22.4 Å². The molecule has 2 heterocycles. The molecule has 0 spiro atoms. The minimum atomic E-state index is -0.257. The lowest BCUT2D eigenvalue weighted by molar-refractivity contribution is 0.0940. The van der Waals surface area contributed by atoms with E-state index < -0.39 is 0 Å². The number of anilines is 1. The molecule has 7 heteroatoms. The fraction of sp³-hybridized carbons (Fsp3) is 0.667. The summed E-state index contributed by atoms with van der Waals surface area (Å²) in [5, 5.41) is 9.27. The number of nitrogens with one attached hydrogen (secondary N) is 2. The van der Waals surface area contributed by atoms with Crippen LogP contribution in [0.1, 0.15) is 36.2 Å². The molecule has 1 amide bonds. The van der Waals surface area contributed by atoms with E-state index in [0.717, 1.165) is 13.0 Å². The number of piperidine rings is 1. The minimum Gasteiger partial charge on any atom is -0.381 e. The highest BCUT2D eigenvalue weighted by atomic mass is 35.5. The molecule has 0 radical (unpaired) electrons. The number of aromatic nitrogens is 2. The second-order valence-corrected chi connectivity index (χ2v) is 5.35. The molecule has 106 valence electrons. The van der Waals surface area contributed by atoms with E-state index in [1.807, 2.05) is 0 Å². The Hall–Kier alpha value is -1.27. The van der Waals surface area contributed by atoms with E-state index in [0.29, 0.717) is 12.6 Å². The zero-order valence-electron chi connectivity index (χ0n) is 11.1. The summed E-state index contributed by atoms with van der Waals surface area (Å²) in [5.74, 6) is -0.105. The number of H-pyrrole nitrogens is 1. The number of nitrogens with two attached hydrogens (primary N) is 1. The van der Waals surface area contributed by atoms with Gasteiger partial charge >= 0.3 is 0 Å². The normalized spacial score (nSPS) is 20.4. The zero-order chi connectivity index (χ0) is 13.8. The average molecular weight is 286 g/mol. The molecule has 1 aromatic rings. The van der Waals surface area contributed by atoms with E-state index >= 15 is 0 Å². The number of hydrogen-bond donors (Lipinski definition) is 3. The molecular formula is C12H20ClN5O. The van der Waals surface area contributed by atoms with Gasteiger partial charge in [-0.25, -0.2) is 0 Å². The van der Waals surface area contributed by atoms with Crippen molar-refractivity contribution >= 4 is 23.3 Å². The molecule has 0 saturated carbocycles. The lowest BCUT2D eigenvalue weighted by Crippen LogP contribution is -2.39. The highest BCUT2D eigenvalue weighted by molar-refractivity contribution is 6.35. The summed E-state index contributed by atoms with van der Waals surface area (Å²) >= 11 is 5.87. The van der Waals surface area contributed by atoms with Crippen molar-refractivity contribution < 1.29 is 4.79 Å². The van der Waals surface area contributed by atoms with Crippen LogP contribution in [0, 0.1) is 0 Å². The van der Waals surface area contributed by atoms with Crippen LogP contribution in [0.4, 0.5) is 5.82 Å². The number of rotatable bonds is 4. The third-order valence-corrected chi connectivity index (χ3v) is 4.03. The van der Waals surface area contributed by atoms with Crippen molar-refractivity contribution in [3.8, 4) is 0 Å². The molecule has 1 aliphatic heterocycles. The summed E-state index contributed by atoms with van der Waals surface area (Å²) in [6.07, 6.45) is 4.68. The van der Waals surface area contributed by atoms with Gasteiger partial charge in [-0.05, 0) is 32.9 Å². The predicted molar refractivity (Wildman–Crippen MR) is 75.2 cm³/mol. The van der Waals surface area contributed by atoms with Gasteiger partial charge in [0.25, 0.3) is 5.91 Å². The average Bonchev–Trinajstić information content (AvgIpc) is 2.72. The number of amides is 1. The topological polar surface area (TPSA) is 87.0 Å². The molecule has 0 aliphatic carbocycles. The summed E-state index contributed by atoms with van der Waals surface area (Å²) in [4.78, 5) is 14.2. The van der Waals surface area contributed by atoms with Gasteiger partial charge in [0.1, 0.15) is 10.7 Å². The second kappa shape index (κ2) is 6.25. The molecule has 0 aromatic carbocycles. The monoisotopic (exact) mass is 285 g/mol. The molecule has 6 nitrogen and oxygen atoms in total. The standard InChI is InChI=1S/C12H20ClN5O/c1-18-7-3-2-4-8(18)5-6-15-12(19)10-9(13)11(14)17-16-10/h8H,2-7H2,1H3,(H,15,19)(H3,14,16,17)/t8-/m1/s1. The Balaban J connectivity index is 1.79. The number of aromatic amines is 1. The van der Waals surface area contributed by atoms with E-state index in [1.54, 1.807) is 0 Å². The summed E-state index contributed by atoms with van der Waals surface area (Å²) in [5.41, 5.74) is 5.71. The quantitative estimate of drug-likeness (QED) is 0.777. The van der Waals surface area contributed by atoms with Crippen molar-refractivity contribution in [2.45, 2.75) is 31.7 Å². The molecule has 1 atom stereocenters. The van der Waals surface area contributed by atoms with Crippen LogP contribution < -0.4 is 11.1 Å². The molecule has 2 rings (SSSR count). The Labute approximate surface area is 117 Å². The van der Waals surface area contributed by atoms with Crippen LogP contribution >= 0.6 is 11.6 Å².